The van der Waals surface area contributed by atoms with Crippen molar-refractivity contribution >= 4 is 5.91 Å². The smallest absolute Gasteiger partial charge is 0.254 e. The number of aromatic nitrogens is 3. The van der Waals surface area contributed by atoms with Crippen LogP contribution in [0, 0.1) is 13.8 Å². The Morgan fingerprint density at radius 1 is 1.46 bits per heavy atom. The van der Waals surface area contributed by atoms with Gasteiger partial charge < -0.3 is 24.3 Å². The fraction of sp³-hybridized carbons (Fsp3) is 0.529. The number of ether oxygens (including phenoxy) is 2. The van der Waals surface area contributed by atoms with E-state index in [-0.39, 0.29) is 30.0 Å². The lowest BCUT2D eigenvalue weighted by atomic mass is 10.1. The Labute approximate surface area is 150 Å². The predicted octanol–water partition coefficient (Wildman–Crippen LogP) is 0.408. The number of nitrogens with one attached hydrogen (secondary N) is 2. The fourth-order valence-electron chi connectivity index (χ4n) is 2.87. The minimum atomic E-state index is -0.312. The van der Waals surface area contributed by atoms with Gasteiger partial charge in [0.15, 0.2) is 0 Å². The molecule has 140 valence electrons. The molecule has 0 unspecified atom stereocenters. The lowest BCUT2D eigenvalue weighted by Crippen LogP contribution is -2.50. The van der Waals surface area contributed by atoms with E-state index in [0.717, 1.165) is 17.0 Å². The third-order valence-electron chi connectivity index (χ3n) is 4.42. The molecule has 2 atom stereocenters. The van der Waals surface area contributed by atoms with Crippen molar-refractivity contribution in [2.45, 2.75) is 45.4 Å². The zero-order valence-corrected chi connectivity index (χ0v) is 14.8. The van der Waals surface area contributed by atoms with Crippen LogP contribution in [0.2, 0.25) is 0 Å². The van der Waals surface area contributed by atoms with Gasteiger partial charge in [-0.1, -0.05) is 5.16 Å². The van der Waals surface area contributed by atoms with Crippen LogP contribution < -0.4 is 10.9 Å². The zero-order chi connectivity index (χ0) is 18.5. The van der Waals surface area contributed by atoms with Crippen LogP contribution in [0.4, 0.5) is 0 Å². The summed E-state index contributed by atoms with van der Waals surface area (Å²) in [4.78, 5) is 30.3. The summed E-state index contributed by atoms with van der Waals surface area (Å²) < 4.78 is 16.6. The highest BCUT2D eigenvalue weighted by atomic mass is 16.5. The van der Waals surface area contributed by atoms with Gasteiger partial charge >= 0.3 is 0 Å². The van der Waals surface area contributed by atoms with E-state index < -0.39 is 0 Å². The maximum absolute atomic E-state index is 12.3. The molecule has 9 heteroatoms. The molecule has 1 saturated heterocycles. The number of aryl methyl sites for hydroxylation is 2. The van der Waals surface area contributed by atoms with E-state index in [1.807, 2.05) is 13.8 Å². The number of H-pyrrole nitrogens is 1. The largest absolute Gasteiger partial charge is 0.379 e. The maximum Gasteiger partial charge on any atom is 0.254 e. The molecular weight excluding hydrogens is 340 g/mol. The van der Waals surface area contributed by atoms with Crippen molar-refractivity contribution in [3.05, 3.63) is 45.5 Å². The van der Waals surface area contributed by atoms with E-state index in [0.29, 0.717) is 31.8 Å². The molecule has 0 radical (unpaired) electrons. The number of amides is 1. The molecule has 3 rings (SSSR count). The first-order valence-electron chi connectivity index (χ1n) is 8.46. The third kappa shape index (κ3) is 4.36. The molecule has 2 aromatic heterocycles. The van der Waals surface area contributed by atoms with Gasteiger partial charge in [0.25, 0.3) is 5.56 Å². The van der Waals surface area contributed by atoms with Crippen molar-refractivity contribution in [3.63, 3.8) is 0 Å². The second-order valence-electron chi connectivity index (χ2n) is 6.27. The van der Waals surface area contributed by atoms with Crippen LogP contribution >= 0.6 is 0 Å². The molecule has 0 bridgehead atoms. The summed E-state index contributed by atoms with van der Waals surface area (Å²) in [7, 11) is 0. The number of carbonyl (C=O) groups excluding carboxylic acids is 1. The fourth-order valence-corrected chi connectivity index (χ4v) is 2.87. The number of hydrogen-bond donors (Lipinski definition) is 2. The average molecular weight is 362 g/mol. The Kier molecular flexibility index (Phi) is 5.79. The van der Waals surface area contributed by atoms with Gasteiger partial charge in [-0.2, -0.15) is 0 Å². The van der Waals surface area contributed by atoms with Crippen molar-refractivity contribution < 1.29 is 18.8 Å². The van der Waals surface area contributed by atoms with Crippen LogP contribution in [0.5, 0.6) is 0 Å². The van der Waals surface area contributed by atoms with Gasteiger partial charge in [0.2, 0.25) is 5.91 Å². The van der Waals surface area contributed by atoms with Gasteiger partial charge in [-0.25, -0.2) is 4.98 Å². The molecule has 2 aromatic rings. The highest BCUT2D eigenvalue weighted by Crippen LogP contribution is 2.18. The van der Waals surface area contributed by atoms with Crippen molar-refractivity contribution in [1.82, 2.24) is 20.4 Å². The van der Waals surface area contributed by atoms with Crippen molar-refractivity contribution in [3.8, 4) is 0 Å². The second kappa shape index (κ2) is 8.24. The second-order valence-corrected chi connectivity index (χ2v) is 6.27. The van der Waals surface area contributed by atoms with Crippen LogP contribution in [-0.2, 0) is 27.3 Å². The van der Waals surface area contributed by atoms with Crippen LogP contribution in [0.1, 0.15) is 29.0 Å². The molecule has 1 amide bonds. The third-order valence-corrected chi connectivity index (χ3v) is 4.42. The number of carbonyl (C=O) groups is 1. The Hall–Kier alpha value is -2.52. The molecule has 2 N–H and O–H groups in total. The molecule has 3 heterocycles. The molecular formula is C17H22N4O5. The SMILES string of the molecule is Cc1noc(C)c1CO[C@@H]1COCC[C@H]1NC(=O)Cc1cnc[nH]c1=O. The monoisotopic (exact) mass is 362 g/mol. The summed E-state index contributed by atoms with van der Waals surface area (Å²) in [5, 5.41) is 6.85. The Balaban J connectivity index is 1.59. The van der Waals surface area contributed by atoms with E-state index >= 15 is 0 Å². The minimum absolute atomic E-state index is 0.0306. The van der Waals surface area contributed by atoms with Gasteiger partial charge in [-0.3, -0.25) is 9.59 Å². The Morgan fingerprint density at radius 3 is 3.04 bits per heavy atom. The highest BCUT2D eigenvalue weighted by Gasteiger charge is 2.28. The van der Waals surface area contributed by atoms with Crippen molar-refractivity contribution in [2.24, 2.45) is 0 Å². The highest BCUT2D eigenvalue weighted by molar-refractivity contribution is 5.78. The van der Waals surface area contributed by atoms with E-state index in [2.05, 4.69) is 20.4 Å². The Morgan fingerprint density at radius 2 is 2.31 bits per heavy atom. The topological polar surface area (TPSA) is 119 Å². The van der Waals surface area contributed by atoms with Crippen LogP contribution in [0.15, 0.2) is 21.8 Å². The van der Waals surface area contributed by atoms with Crippen LogP contribution in [0.3, 0.4) is 0 Å². The first kappa shape index (κ1) is 18.3. The molecule has 0 aliphatic carbocycles. The quantitative estimate of drug-likeness (QED) is 0.763. The van der Waals surface area contributed by atoms with Crippen molar-refractivity contribution in [1.29, 1.82) is 0 Å². The molecule has 9 nitrogen and oxygen atoms in total. The summed E-state index contributed by atoms with van der Waals surface area (Å²) in [6, 6.07) is -0.188. The maximum atomic E-state index is 12.3. The summed E-state index contributed by atoms with van der Waals surface area (Å²) >= 11 is 0. The summed E-state index contributed by atoms with van der Waals surface area (Å²) in [5.41, 5.74) is 1.71. The van der Waals surface area contributed by atoms with E-state index in [1.54, 1.807) is 0 Å². The number of nitrogens with zero attached hydrogens (tertiary/aromatic N) is 2. The van der Waals surface area contributed by atoms with Gasteiger partial charge in [0, 0.05) is 23.9 Å². The summed E-state index contributed by atoms with van der Waals surface area (Å²) in [6.07, 6.45) is 3.02. The number of hydrogen-bond acceptors (Lipinski definition) is 7. The standard InChI is InChI=1S/C17H22N4O5/c1-10-13(11(2)26-21-10)7-25-15-8-24-4-3-14(15)20-16(22)5-12-6-18-9-19-17(12)23/h6,9,14-15H,3-5,7-8H2,1-2H3,(H,20,22)(H,18,19,23)/t14-,15-/m1/s1. The molecule has 0 spiro atoms. The molecule has 0 saturated carbocycles. The predicted molar refractivity (Wildman–Crippen MR) is 90.5 cm³/mol. The van der Waals surface area contributed by atoms with Gasteiger partial charge in [-0.05, 0) is 20.3 Å². The molecule has 0 aromatic carbocycles. The van der Waals surface area contributed by atoms with E-state index in [1.165, 1.54) is 12.5 Å². The number of aromatic amines is 1. The number of rotatable bonds is 6. The van der Waals surface area contributed by atoms with Crippen LogP contribution in [0.25, 0.3) is 0 Å². The molecule has 1 aliphatic heterocycles. The molecule has 1 fully saturated rings. The minimum Gasteiger partial charge on any atom is -0.379 e. The Bertz CT molecular complexity index is 796. The van der Waals surface area contributed by atoms with E-state index in [9.17, 15) is 9.59 Å². The summed E-state index contributed by atoms with van der Waals surface area (Å²) in [6.45, 7) is 4.97. The average Bonchev–Trinajstić information content (AvgIpc) is 2.94. The summed E-state index contributed by atoms with van der Waals surface area (Å²) in [5.74, 6) is 0.469. The van der Waals surface area contributed by atoms with E-state index in [4.69, 9.17) is 14.0 Å². The zero-order valence-electron chi connectivity index (χ0n) is 14.8. The lowest BCUT2D eigenvalue weighted by molar-refractivity contribution is -0.126. The molecule has 26 heavy (non-hydrogen) atoms. The van der Waals surface area contributed by atoms with Crippen molar-refractivity contribution in [2.75, 3.05) is 13.2 Å². The van der Waals surface area contributed by atoms with Crippen LogP contribution in [-0.4, -0.2) is 46.4 Å². The van der Waals surface area contributed by atoms with Gasteiger partial charge in [-0.15, -0.1) is 0 Å². The lowest BCUT2D eigenvalue weighted by Gasteiger charge is -2.32. The first-order chi connectivity index (χ1) is 12.5. The van der Waals surface area contributed by atoms with Gasteiger partial charge in [0.05, 0.1) is 37.7 Å². The first-order valence-corrected chi connectivity index (χ1v) is 8.46. The molecule has 1 aliphatic rings. The van der Waals surface area contributed by atoms with Gasteiger partial charge in [0.1, 0.15) is 11.9 Å². The normalized spacial score (nSPS) is 20.1.